The molecule has 0 atom stereocenters. The molecule has 2 heterocycles. The van der Waals surface area contributed by atoms with E-state index in [1.54, 1.807) is 6.20 Å². The molecule has 3 nitrogen and oxygen atoms in total. The third kappa shape index (κ3) is 1.18. The fourth-order valence-electron chi connectivity index (χ4n) is 1.24. The number of aromatic nitrogens is 2. The summed E-state index contributed by atoms with van der Waals surface area (Å²) in [6.07, 6.45) is 7.66. The second-order valence-electron chi connectivity index (χ2n) is 3.61. The minimum atomic E-state index is 0.00822. The lowest BCUT2D eigenvalue weighted by molar-refractivity contribution is 0.738. The van der Waals surface area contributed by atoms with Crippen molar-refractivity contribution in [2.75, 3.05) is 0 Å². The molecule has 0 amide bonds. The van der Waals surface area contributed by atoms with Crippen molar-refractivity contribution in [3.05, 3.63) is 16.8 Å². The fourth-order valence-corrected chi connectivity index (χ4v) is 1.24. The van der Waals surface area contributed by atoms with Crippen LogP contribution in [-0.4, -0.2) is 16.4 Å². The summed E-state index contributed by atoms with van der Waals surface area (Å²) in [6, 6.07) is 0. The summed E-state index contributed by atoms with van der Waals surface area (Å²) in [5.74, 6) is 0. The number of aliphatic imine (C=N–C) groups is 1. The Bertz CT molecular complexity index is 423. The zero-order valence-electron chi connectivity index (χ0n) is 7.20. The minimum Gasteiger partial charge on any atom is -0.278 e. The van der Waals surface area contributed by atoms with Crippen molar-refractivity contribution in [3.63, 3.8) is 0 Å². The van der Waals surface area contributed by atoms with Crippen LogP contribution in [-0.2, 0) is 0 Å². The Hall–Kier alpha value is -1.38. The number of hydrogen-bond acceptors (Lipinski definition) is 2. The molecule has 0 radical (unpaired) electrons. The largest absolute Gasteiger partial charge is 0.278 e. The first-order valence-electron chi connectivity index (χ1n) is 3.94. The van der Waals surface area contributed by atoms with Gasteiger partial charge in [0.05, 0.1) is 11.5 Å². The van der Waals surface area contributed by atoms with Crippen LogP contribution in [0.25, 0.3) is 12.3 Å². The molecule has 12 heavy (non-hydrogen) atoms. The van der Waals surface area contributed by atoms with Gasteiger partial charge < -0.3 is 0 Å². The maximum absolute atomic E-state index is 4.20. The molecule has 3 heteroatoms. The summed E-state index contributed by atoms with van der Waals surface area (Å²) in [4.78, 5) is 4.20. The second kappa shape index (κ2) is 2.30. The van der Waals surface area contributed by atoms with Crippen LogP contribution in [0, 0.1) is 5.41 Å². The average Bonchev–Trinajstić information content (AvgIpc) is 2.31. The van der Waals surface area contributed by atoms with Crippen molar-refractivity contribution < 1.29 is 0 Å². The summed E-state index contributed by atoms with van der Waals surface area (Å²) in [7, 11) is 0. The summed E-state index contributed by atoms with van der Waals surface area (Å²) >= 11 is 0. The van der Waals surface area contributed by atoms with E-state index in [2.05, 4.69) is 35.1 Å². The SMILES string of the molecule is CC1(C)C=NC=c2cn[nH]c2=C1. The normalized spacial score (nSPS) is 18.8. The molecule has 1 aliphatic rings. The van der Waals surface area contributed by atoms with Gasteiger partial charge in [0.15, 0.2) is 0 Å². The molecule has 1 aromatic rings. The molecule has 0 aliphatic carbocycles. The summed E-state index contributed by atoms with van der Waals surface area (Å²) in [5.41, 5.74) is 0.00822. The quantitative estimate of drug-likeness (QED) is 0.573. The van der Waals surface area contributed by atoms with E-state index in [4.69, 9.17) is 0 Å². The Labute approximate surface area is 70.5 Å². The maximum Gasteiger partial charge on any atom is 0.0635 e. The monoisotopic (exact) mass is 161 g/mol. The molecule has 0 spiro atoms. The van der Waals surface area contributed by atoms with Gasteiger partial charge in [0, 0.05) is 23.0 Å². The smallest absolute Gasteiger partial charge is 0.0635 e. The molecule has 0 saturated heterocycles. The van der Waals surface area contributed by atoms with E-state index >= 15 is 0 Å². The summed E-state index contributed by atoms with van der Waals surface area (Å²) in [6.45, 7) is 4.22. The van der Waals surface area contributed by atoms with Crippen molar-refractivity contribution in [1.82, 2.24) is 10.2 Å². The highest BCUT2D eigenvalue weighted by Gasteiger charge is 2.11. The van der Waals surface area contributed by atoms with Crippen molar-refractivity contribution in [2.24, 2.45) is 10.4 Å². The molecular weight excluding hydrogens is 150 g/mol. The van der Waals surface area contributed by atoms with Gasteiger partial charge in [-0.05, 0) is 6.08 Å². The van der Waals surface area contributed by atoms with Crippen molar-refractivity contribution in [2.45, 2.75) is 13.8 Å². The number of rotatable bonds is 0. The van der Waals surface area contributed by atoms with Crippen LogP contribution in [0.4, 0.5) is 0 Å². The number of hydrogen-bond donors (Lipinski definition) is 1. The Kier molecular flexibility index (Phi) is 1.40. The maximum atomic E-state index is 4.20. The number of nitrogens with one attached hydrogen (secondary N) is 1. The van der Waals surface area contributed by atoms with E-state index in [0.717, 1.165) is 10.6 Å². The van der Waals surface area contributed by atoms with Crippen LogP contribution in [0.5, 0.6) is 0 Å². The van der Waals surface area contributed by atoms with Crippen molar-refractivity contribution >= 4 is 18.5 Å². The van der Waals surface area contributed by atoms with Crippen LogP contribution in [0.15, 0.2) is 11.2 Å². The highest BCUT2D eigenvalue weighted by atomic mass is 15.1. The Morgan fingerprint density at radius 1 is 1.42 bits per heavy atom. The summed E-state index contributed by atoms with van der Waals surface area (Å²) < 4.78 is 0. The second-order valence-corrected chi connectivity index (χ2v) is 3.61. The van der Waals surface area contributed by atoms with Gasteiger partial charge in [-0.25, -0.2) is 0 Å². The van der Waals surface area contributed by atoms with E-state index in [1.165, 1.54) is 0 Å². The summed E-state index contributed by atoms with van der Waals surface area (Å²) in [5, 5.41) is 8.99. The van der Waals surface area contributed by atoms with Crippen LogP contribution < -0.4 is 10.6 Å². The van der Waals surface area contributed by atoms with Gasteiger partial charge >= 0.3 is 0 Å². The lowest BCUT2D eigenvalue weighted by Crippen LogP contribution is -2.24. The van der Waals surface area contributed by atoms with Gasteiger partial charge in [-0.15, -0.1) is 0 Å². The van der Waals surface area contributed by atoms with Gasteiger partial charge in [-0.2, -0.15) is 5.10 Å². The van der Waals surface area contributed by atoms with Gasteiger partial charge in [-0.1, -0.05) is 13.8 Å². The topological polar surface area (TPSA) is 41.0 Å². The fraction of sp³-hybridized carbons (Fsp3) is 0.333. The van der Waals surface area contributed by atoms with Crippen LogP contribution in [0.2, 0.25) is 0 Å². The molecule has 2 rings (SSSR count). The number of aromatic amines is 1. The molecule has 0 unspecified atom stereocenters. The number of H-pyrrole nitrogens is 1. The van der Waals surface area contributed by atoms with Crippen LogP contribution in [0.3, 0.4) is 0 Å². The molecule has 0 aromatic carbocycles. The van der Waals surface area contributed by atoms with E-state index in [1.807, 2.05) is 12.4 Å². The van der Waals surface area contributed by atoms with Crippen LogP contribution in [0.1, 0.15) is 13.8 Å². The first kappa shape index (κ1) is 7.28. The lowest BCUT2D eigenvalue weighted by Gasteiger charge is -2.10. The van der Waals surface area contributed by atoms with Crippen molar-refractivity contribution in [3.8, 4) is 0 Å². The third-order valence-electron chi connectivity index (χ3n) is 1.84. The standard InChI is InChI=1S/C9H11N3/c1-9(2)3-8-7(4-10-6-9)5-11-12-8/h3-6,12H,1-2H3. The van der Waals surface area contributed by atoms with Gasteiger partial charge in [0.25, 0.3) is 0 Å². The van der Waals surface area contributed by atoms with Gasteiger partial charge in [-0.3, -0.25) is 10.1 Å². The minimum absolute atomic E-state index is 0.00822. The zero-order valence-corrected chi connectivity index (χ0v) is 7.20. The molecular formula is C9H11N3. The van der Waals surface area contributed by atoms with Crippen molar-refractivity contribution in [1.29, 1.82) is 0 Å². The Morgan fingerprint density at radius 3 is 3.08 bits per heavy atom. The average molecular weight is 161 g/mol. The first-order chi connectivity index (χ1) is 5.67. The van der Waals surface area contributed by atoms with E-state index in [-0.39, 0.29) is 5.41 Å². The van der Waals surface area contributed by atoms with E-state index in [0.29, 0.717) is 0 Å². The highest BCUT2D eigenvalue weighted by molar-refractivity contribution is 5.76. The zero-order chi connectivity index (χ0) is 8.60. The molecule has 0 fully saturated rings. The van der Waals surface area contributed by atoms with E-state index < -0.39 is 0 Å². The Morgan fingerprint density at radius 2 is 2.25 bits per heavy atom. The molecule has 1 aromatic heterocycles. The predicted octanol–water partition coefficient (Wildman–Crippen LogP) is 0.0388. The van der Waals surface area contributed by atoms with E-state index in [9.17, 15) is 0 Å². The molecule has 62 valence electrons. The molecule has 0 saturated carbocycles. The first-order valence-corrected chi connectivity index (χ1v) is 3.94. The number of fused-ring (bicyclic) bond motifs is 1. The van der Waals surface area contributed by atoms with Gasteiger partial charge in [0.1, 0.15) is 0 Å². The Balaban J connectivity index is 2.75. The van der Waals surface area contributed by atoms with Crippen LogP contribution >= 0.6 is 0 Å². The lowest BCUT2D eigenvalue weighted by atomic mass is 9.95. The third-order valence-corrected chi connectivity index (χ3v) is 1.84. The predicted molar refractivity (Wildman–Crippen MR) is 49.0 cm³/mol. The molecule has 1 N–H and O–H groups in total. The van der Waals surface area contributed by atoms with Gasteiger partial charge in [0.2, 0.25) is 0 Å². The molecule has 0 bridgehead atoms. The number of nitrogens with zero attached hydrogens (tertiary/aromatic N) is 2. The highest BCUT2D eigenvalue weighted by Crippen LogP contribution is 2.13. The molecule has 1 aliphatic heterocycles.